The van der Waals surface area contributed by atoms with Crippen LogP contribution in [0.1, 0.15) is 11.6 Å². The van der Waals surface area contributed by atoms with Crippen molar-refractivity contribution < 1.29 is 17.9 Å². The fourth-order valence-corrected chi connectivity index (χ4v) is 3.00. The van der Waals surface area contributed by atoms with Crippen LogP contribution in [0.4, 0.5) is 13.2 Å². The van der Waals surface area contributed by atoms with E-state index in [0.717, 1.165) is 16.3 Å². The molecular weight excluding hydrogens is 351 g/mol. The molecule has 1 aromatic heterocycles. The van der Waals surface area contributed by atoms with Gasteiger partial charge in [0.05, 0.1) is 13.3 Å². The first-order valence-corrected chi connectivity index (χ1v) is 7.56. The third-order valence-corrected chi connectivity index (χ3v) is 4.11. The number of benzene rings is 1. The van der Waals surface area contributed by atoms with Gasteiger partial charge in [0.1, 0.15) is 6.04 Å². The van der Waals surface area contributed by atoms with E-state index in [1.54, 1.807) is 0 Å². The average Bonchev–Trinajstić information content (AvgIpc) is 2.48. The number of hydrogen-bond acceptors (Lipinski definition) is 5. The Morgan fingerprint density at radius 2 is 1.91 bits per heavy atom. The summed E-state index contributed by atoms with van der Waals surface area (Å²) in [5.41, 5.74) is 0.103. The molecular formula is C14H13ClF3N3OS. The van der Waals surface area contributed by atoms with Crippen LogP contribution in [0, 0.1) is 0 Å². The molecule has 0 spiro atoms. The normalized spacial score (nSPS) is 13.2. The third-order valence-electron chi connectivity index (χ3n) is 2.92. The van der Waals surface area contributed by atoms with Crippen molar-refractivity contribution in [2.24, 2.45) is 0 Å². The zero-order valence-corrected chi connectivity index (χ0v) is 13.8. The molecule has 2 aromatic rings. The fourth-order valence-electron chi connectivity index (χ4n) is 1.95. The Kier molecular flexibility index (Phi) is 5.72. The molecule has 0 aliphatic heterocycles. The maximum atomic E-state index is 13.5. The summed E-state index contributed by atoms with van der Waals surface area (Å²) in [6, 6.07) is 5.33. The minimum absolute atomic E-state index is 0.103. The van der Waals surface area contributed by atoms with Crippen LogP contribution < -0.4 is 4.74 Å². The topological polar surface area (TPSA) is 38.2 Å². The first kappa shape index (κ1) is 17.8. The molecule has 0 aliphatic rings. The summed E-state index contributed by atoms with van der Waals surface area (Å²) < 4.78 is 46.4. The minimum atomic E-state index is -4.44. The molecule has 1 aromatic carbocycles. The van der Waals surface area contributed by atoms with E-state index in [4.69, 9.17) is 16.3 Å². The van der Waals surface area contributed by atoms with Crippen molar-refractivity contribution in [1.82, 2.24) is 14.5 Å². The van der Waals surface area contributed by atoms with Crippen molar-refractivity contribution in [3.63, 3.8) is 0 Å². The van der Waals surface area contributed by atoms with E-state index in [2.05, 4.69) is 10.2 Å². The predicted molar refractivity (Wildman–Crippen MR) is 82.5 cm³/mol. The van der Waals surface area contributed by atoms with Crippen molar-refractivity contribution in [3.05, 3.63) is 47.1 Å². The summed E-state index contributed by atoms with van der Waals surface area (Å²) in [5.74, 6) is 0.235. The smallest absolute Gasteiger partial charge is 0.408 e. The van der Waals surface area contributed by atoms with Gasteiger partial charge in [0.2, 0.25) is 5.88 Å². The van der Waals surface area contributed by atoms with Crippen LogP contribution in [-0.4, -0.2) is 34.8 Å². The van der Waals surface area contributed by atoms with Crippen molar-refractivity contribution in [2.45, 2.75) is 17.1 Å². The van der Waals surface area contributed by atoms with Crippen LogP contribution in [0.2, 0.25) is 5.02 Å². The third kappa shape index (κ3) is 4.73. The molecule has 1 heterocycles. The maximum Gasteiger partial charge on any atom is 0.408 e. The fraction of sp³-hybridized carbons (Fsp3) is 0.286. The molecule has 0 fully saturated rings. The maximum absolute atomic E-state index is 13.5. The molecule has 1 unspecified atom stereocenters. The van der Waals surface area contributed by atoms with Crippen molar-refractivity contribution in [1.29, 1.82) is 0 Å². The lowest BCUT2D eigenvalue weighted by molar-refractivity contribution is -0.169. The van der Waals surface area contributed by atoms with Gasteiger partial charge in [-0.3, -0.25) is 0 Å². The number of hydrogen-bond donors (Lipinski definition) is 0. The van der Waals surface area contributed by atoms with Crippen molar-refractivity contribution in [3.8, 4) is 5.88 Å². The minimum Gasteiger partial charge on any atom is -0.480 e. The average molecular weight is 364 g/mol. The number of methoxy groups -OCH3 is 1. The van der Waals surface area contributed by atoms with Gasteiger partial charge in [-0.15, -0.1) is 5.10 Å². The van der Waals surface area contributed by atoms with E-state index in [1.807, 2.05) is 0 Å². The number of halogens is 4. The molecule has 0 amide bonds. The lowest BCUT2D eigenvalue weighted by Gasteiger charge is -2.29. The summed E-state index contributed by atoms with van der Waals surface area (Å²) in [6.07, 6.45) is -3.07. The SMILES string of the molecule is COc1cc(SN(C)C(c2ccc(Cl)cc2)C(F)(F)F)cnn1. The van der Waals surface area contributed by atoms with E-state index in [1.165, 1.54) is 50.7 Å². The van der Waals surface area contributed by atoms with Crippen LogP contribution in [0.15, 0.2) is 41.4 Å². The molecule has 4 nitrogen and oxygen atoms in total. The standard InChI is InChI=1S/C14H13ClF3N3OS/c1-21(23-11-7-12(22-2)20-19-8-11)13(14(16,17)18)9-3-5-10(15)6-4-9/h3-8,13H,1-2H3. The molecule has 0 radical (unpaired) electrons. The molecule has 0 N–H and O–H groups in total. The number of alkyl halides is 3. The zero-order chi connectivity index (χ0) is 17.0. The van der Waals surface area contributed by atoms with Gasteiger partial charge < -0.3 is 4.74 Å². The molecule has 0 saturated heterocycles. The van der Waals surface area contributed by atoms with E-state index >= 15 is 0 Å². The first-order valence-electron chi connectivity index (χ1n) is 6.41. The molecule has 2 rings (SSSR count). The molecule has 0 bridgehead atoms. The highest BCUT2D eigenvalue weighted by Gasteiger charge is 2.44. The number of aromatic nitrogens is 2. The Hall–Kier alpha value is -1.51. The first-order chi connectivity index (χ1) is 10.8. The van der Waals surface area contributed by atoms with Gasteiger partial charge in [-0.1, -0.05) is 23.7 Å². The summed E-state index contributed by atoms with van der Waals surface area (Å²) in [6.45, 7) is 0. The number of ether oxygens (including phenoxy) is 1. The molecule has 0 saturated carbocycles. The monoisotopic (exact) mass is 363 g/mol. The van der Waals surface area contributed by atoms with Gasteiger partial charge in [-0.2, -0.15) is 18.3 Å². The van der Waals surface area contributed by atoms with E-state index < -0.39 is 12.2 Å². The second-order valence-corrected chi connectivity index (χ2v) is 6.23. The van der Waals surface area contributed by atoms with Crippen LogP contribution in [0.5, 0.6) is 5.88 Å². The van der Waals surface area contributed by atoms with E-state index in [0.29, 0.717) is 9.92 Å². The zero-order valence-electron chi connectivity index (χ0n) is 12.2. The molecule has 9 heteroatoms. The Labute approximate surface area is 140 Å². The lowest BCUT2D eigenvalue weighted by atomic mass is 10.1. The van der Waals surface area contributed by atoms with Gasteiger partial charge in [0.15, 0.2) is 0 Å². The molecule has 1 atom stereocenters. The van der Waals surface area contributed by atoms with Crippen LogP contribution >= 0.6 is 23.5 Å². The van der Waals surface area contributed by atoms with Crippen LogP contribution in [-0.2, 0) is 0 Å². The molecule has 23 heavy (non-hydrogen) atoms. The van der Waals surface area contributed by atoms with Crippen molar-refractivity contribution >= 4 is 23.5 Å². The summed E-state index contributed by atoms with van der Waals surface area (Å²) in [4.78, 5) is 0.488. The Morgan fingerprint density at radius 3 is 2.48 bits per heavy atom. The quantitative estimate of drug-likeness (QED) is 0.737. The van der Waals surface area contributed by atoms with Gasteiger partial charge in [0, 0.05) is 16.0 Å². The summed E-state index contributed by atoms with van der Waals surface area (Å²) in [5, 5.41) is 7.76. The van der Waals surface area contributed by atoms with Crippen molar-refractivity contribution in [2.75, 3.05) is 14.2 Å². The predicted octanol–water partition coefficient (Wildman–Crippen LogP) is 4.38. The van der Waals surface area contributed by atoms with Gasteiger partial charge in [0.25, 0.3) is 0 Å². The lowest BCUT2D eigenvalue weighted by Crippen LogP contribution is -2.31. The molecule has 124 valence electrons. The largest absolute Gasteiger partial charge is 0.480 e. The van der Waals surface area contributed by atoms with Crippen LogP contribution in [0.3, 0.4) is 0 Å². The number of rotatable bonds is 5. The number of nitrogens with zero attached hydrogens (tertiary/aromatic N) is 3. The van der Waals surface area contributed by atoms with E-state index in [-0.39, 0.29) is 11.4 Å². The van der Waals surface area contributed by atoms with Gasteiger partial charge >= 0.3 is 6.18 Å². The Bertz CT molecular complexity index is 654. The second kappa shape index (κ2) is 7.37. The van der Waals surface area contributed by atoms with Crippen LogP contribution in [0.25, 0.3) is 0 Å². The summed E-state index contributed by atoms with van der Waals surface area (Å²) >= 11 is 6.65. The second-order valence-electron chi connectivity index (χ2n) is 4.57. The highest BCUT2D eigenvalue weighted by Crippen LogP contribution is 2.42. The highest BCUT2D eigenvalue weighted by molar-refractivity contribution is 7.97. The Balaban J connectivity index is 2.26. The highest BCUT2D eigenvalue weighted by atomic mass is 35.5. The summed E-state index contributed by atoms with van der Waals surface area (Å²) in [7, 11) is 2.78. The van der Waals surface area contributed by atoms with E-state index in [9.17, 15) is 13.2 Å². The molecule has 0 aliphatic carbocycles. The van der Waals surface area contributed by atoms with Gasteiger partial charge in [-0.25, -0.2) is 4.31 Å². The van der Waals surface area contributed by atoms with Gasteiger partial charge in [-0.05, 0) is 36.7 Å². The Morgan fingerprint density at radius 1 is 1.26 bits per heavy atom.